The largest absolute Gasteiger partial charge is 0.493 e. The molecule has 0 aliphatic rings. The number of rotatable bonds is 9. The van der Waals surface area contributed by atoms with Crippen LogP contribution in [0.3, 0.4) is 0 Å². The van der Waals surface area contributed by atoms with Gasteiger partial charge in [0, 0.05) is 26.1 Å². The third-order valence-corrected chi connectivity index (χ3v) is 3.63. The minimum absolute atomic E-state index is 0.0352. The van der Waals surface area contributed by atoms with Crippen LogP contribution >= 0.6 is 0 Å². The van der Waals surface area contributed by atoms with Gasteiger partial charge in [0.05, 0.1) is 12.6 Å². The second-order valence-corrected chi connectivity index (χ2v) is 7.11. The zero-order chi connectivity index (χ0) is 19.5. The molecule has 0 bridgehead atoms. The first-order valence-corrected chi connectivity index (χ1v) is 9.31. The first kappa shape index (κ1) is 21.8. The maximum absolute atomic E-state index is 11.7. The Kier molecular flexibility index (Phi) is 9.55. The van der Waals surface area contributed by atoms with Crippen LogP contribution in [0.5, 0.6) is 5.75 Å². The molecule has 0 saturated heterocycles. The van der Waals surface area contributed by atoms with E-state index in [1.807, 2.05) is 26.0 Å². The summed E-state index contributed by atoms with van der Waals surface area (Å²) < 4.78 is 5.71. The van der Waals surface area contributed by atoms with Gasteiger partial charge in [0.15, 0.2) is 5.96 Å². The summed E-state index contributed by atoms with van der Waals surface area (Å²) in [6, 6.07) is 8.33. The summed E-state index contributed by atoms with van der Waals surface area (Å²) in [5.41, 5.74) is 1.14. The highest BCUT2D eigenvalue weighted by Gasteiger charge is 2.09. The van der Waals surface area contributed by atoms with E-state index in [-0.39, 0.29) is 18.0 Å². The van der Waals surface area contributed by atoms with Gasteiger partial charge in [-0.05, 0) is 44.4 Å². The average Bonchev–Trinajstić information content (AvgIpc) is 2.58. The smallest absolute Gasteiger partial charge is 0.221 e. The predicted octanol–water partition coefficient (Wildman–Crippen LogP) is 2.86. The van der Waals surface area contributed by atoms with Crippen LogP contribution in [0.4, 0.5) is 0 Å². The number of benzene rings is 1. The van der Waals surface area contributed by atoms with Gasteiger partial charge in [-0.3, -0.25) is 9.79 Å². The minimum Gasteiger partial charge on any atom is -0.493 e. The molecule has 1 aromatic carbocycles. The summed E-state index contributed by atoms with van der Waals surface area (Å²) in [5, 5.41) is 9.38. The van der Waals surface area contributed by atoms with Gasteiger partial charge >= 0.3 is 0 Å². The molecule has 0 aliphatic heterocycles. The lowest BCUT2D eigenvalue weighted by Gasteiger charge is -2.19. The van der Waals surface area contributed by atoms with Gasteiger partial charge in [-0.2, -0.15) is 0 Å². The van der Waals surface area contributed by atoms with Crippen molar-refractivity contribution in [3.05, 3.63) is 29.8 Å². The number of guanidine groups is 1. The van der Waals surface area contributed by atoms with Crippen molar-refractivity contribution in [3.63, 3.8) is 0 Å². The molecule has 0 heterocycles. The normalized spacial score (nSPS) is 12.8. The third-order valence-electron chi connectivity index (χ3n) is 3.63. The number of amides is 1. The SMILES string of the molecule is CN=C(NCCC(=O)NC(C)C)NC(C)c1ccc(OCC(C)C)cc1. The number of ether oxygens (including phenoxy) is 1. The lowest BCUT2D eigenvalue weighted by atomic mass is 10.1. The van der Waals surface area contributed by atoms with Crippen molar-refractivity contribution in [2.75, 3.05) is 20.2 Å². The number of aliphatic imine (C=N–C) groups is 1. The molecule has 26 heavy (non-hydrogen) atoms. The van der Waals surface area contributed by atoms with E-state index >= 15 is 0 Å². The van der Waals surface area contributed by atoms with Crippen molar-refractivity contribution >= 4 is 11.9 Å². The molecule has 0 aliphatic carbocycles. The summed E-state index contributed by atoms with van der Waals surface area (Å²) in [6.07, 6.45) is 0.412. The fourth-order valence-corrected chi connectivity index (χ4v) is 2.29. The van der Waals surface area contributed by atoms with Crippen molar-refractivity contribution in [2.24, 2.45) is 10.9 Å². The second-order valence-electron chi connectivity index (χ2n) is 7.11. The average molecular weight is 363 g/mol. The Bertz CT molecular complexity index is 568. The van der Waals surface area contributed by atoms with Gasteiger partial charge < -0.3 is 20.7 Å². The molecule has 0 saturated carbocycles. The standard InChI is InChI=1S/C20H34N4O2/c1-14(2)13-26-18-9-7-17(8-10-18)16(5)24-20(21-6)22-12-11-19(25)23-15(3)4/h7-10,14-16H,11-13H2,1-6H3,(H,23,25)(H2,21,22,24). The highest BCUT2D eigenvalue weighted by molar-refractivity contribution is 5.81. The second kappa shape index (κ2) is 11.4. The molecular weight excluding hydrogens is 328 g/mol. The van der Waals surface area contributed by atoms with Crippen molar-refractivity contribution in [1.29, 1.82) is 0 Å². The van der Waals surface area contributed by atoms with Gasteiger partial charge in [0.2, 0.25) is 5.91 Å². The molecule has 1 aromatic rings. The maximum atomic E-state index is 11.7. The molecule has 0 aromatic heterocycles. The van der Waals surface area contributed by atoms with E-state index in [1.165, 1.54) is 0 Å². The molecule has 1 unspecified atom stereocenters. The Labute approximate surface area is 157 Å². The molecule has 0 fully saturated rings. The summed E-state index contributed by atoms with van der Waals surface area (Å²) in [4.78, 5) is 15.9. The van der Waals surface area contributed by atoms with Crippen LogP contribution in [0.1, 0.15) is 52.6 Å². The Balaban J connectivity index is 2.46. The molecule has 1 atom stereocenters. The number of nitrogens with one attached hydrogen (secondary N) is 3. The van der Waals surface area contributed by atoms with Gasteiger partial charge in [-0.15, -0.1) is 0 Å². The van der Waals surface area contributed by atoms with Gasteiger partial charge in [-0.1, -0.05) is 26.0 Å². The van der Waals surface area contributed by atoms with Crippen LogP contribution < -0.4 is 20.7 Å². The molecule has 6 heteroatoms. The minimum atomic E-state index is 0.0352. The number of hydrogen-bond acceptors (Lipinski definition) is 3. The first-order chi connectivity index (χ1) is 12.3. The van der Waals surface area contributed by atoms with Crippen LogP contribution in [0.15, 0.2) is 29.3 Å². The predicted molar refractivity (Wildman–Crippen MR) is 108 cm³/mol. The van der Waals surface area contributed by atoms with Crippen LogP contribution in [0.2, 0.25) is 0 Å². The Morgan fingerprint density at radius 3 is 2.27 bits per heavy atom. The van der Waals surface area contributed by atoms with E-state index in [9.17, 15) is 4.79 Å². The fourth-order valence-electron chi connectivity index (χ4n) is 2.29. The summed E-state index contributed by atoms with van der Waals surface area (Å²) >= 11 is 0. The van der Waals surface area contributed by atoms with E-state index in [1.54, 1.807) is 7.05 Å². The summed E-state index contributed by atoms with van der Waals surface area (Å²) in [5.74, 6) is 2.10. The molecule has 0 spiro atoms. The van der Waals surface area contributed by atoms with Crippen LogP contribution in [0, 0.1) is 5.92 Å². The van der Waals surface area contributed by atoms with E-state index < -0.39 is 0 Å². The van der Waals surface area contributed by atoms with Gasteiger partial charge in [0.1, 0.15) is 5.75 Å². The first-order valence-electron chi connectivity index (χ1n) is 9.31. The Hall–Kier alpha value is -2.24. The fraction of sp³-hybridized carbons (Fsp3) is 0.600. The number of carbonyl (C=O) groups is 1. The molecule has 146 valence electrons. The topological polar surface area (TPSA) is 74.8 Å². The lowest BCUT2D eigenvalue weighted by molar-refractivity contribution is -0.121. The number of carbonyl (C=O) groups excluding carboxylic acids is 1. The van der Waals surface area contributed by atoms with Gasteiger partial charge in [0.25, 0.3) is 0 Å². The quantitative estimate of drug-likeness (QED) is 0.466. The highest BCUT2D eigenvalue weighted by Crippen LogP contribution is 2.18. The number of nitrogens with zero attached hydrogens (tertiary/aromatic N) is 1. The molecule has 1 amide bonds. The molecular formula is C20H34N4O2. The van der Waals surface area contributed by atoms with Crippen molar-refractivity contribution in [3.8, 4) is 5.75 Å². The maximum Gasteiger partial charge on any atom is 0.221 e. The Morgan fingerprint density at radius 1 is 1.08 bits per heavy atom. The molecule has 1 rings (SSSR count). The van der Waals surface area contributed by atoms with Gasteiger partial charge in [-0.25, -0.2) is 0 Å². The van der Waals surface area contributed by atoms with Crippen LogP contribution in [0.25, 0.3) is 0 Å². The lowest BCUT2D eigenvalue weighted by Crippen LogP contribution is -2.41. The van der Waals surface area contributed by atoms with Crippen LogP contribution in [-0.2, 0) is 4.79 Å². The van der Waals surface area contributed by atoms with Crippen molar-refractivity contribution in [1.82, 2.24) is 16.0 Å². The summed E-state index contributed by atoms with van der Waals surface area (Å²) in [6.45, 7) is 11.5. The zero-order valence-corrected chi connectivity index (χ0v) is 16.9. The highest BCUT2D eigenvalue weighted by atomic mass is 16.5. The van der Waals surface area contributed by atoms with E-state index in [4.69, 9.17) is 4.74 Å². The van der Waals surface area contributed by atoms with Crippen molar-refractivity contribution in [2.45, 2.75) is 53.1 Å². The van der Waals surface area contributed by atoms with E-state index in [0.29, 0.717) is 31.4 Å². The molecule has 0 radical (unpaired) electrons. The number of hydrogen-bond donors (Lipinski definition) is 3. The molecule has 6 nitrogen and oxygen atoms in total. The Morgan fingerprint density at radius 2 is 1.73 bits per heavy atom. The third kappa shape index (κ3) is 8.74. The summed E-state index contributed by atoms with van der Waals surface area (Å²) in [7, 11) is 1.72. The van der Waals surface area contributed by atoms with E-state index in [2.05, 4.69) is 53.8 Å². The van der Waals surface area contributed by atoms with Crippen molar-refractivity contribution < 1.29 is 9.53 Å². The zero-order valence-electron chi connectivity index (χ0n) is 16.9. The van der Waals surface area contributed by atoms with Crippen LogP contribution in [-0.4, -0.2) is 38.1 Å². The monoisotopic (exact) mass is 362 g/mol. The molecule has 3 N–H and O–H groups in total. The van der Waals surface area contributed by atoms with E-state index in [0.717, 1.165) is 11.3 Å².